The first-order valence-electron chi connectivity index (χ1n) is 8.74. The van der Waals surface area contributed by atoms with Gasteiger partial charge in [0.15, 0.2) is 0 Å². The van der Waals surface area contributed by atoms with E-state index in [1.807, 2.05) is 13.8 Å². The van der Waals surface area contributed by atoms with Crippen LogP contribution in [0.1, 0.15) is 39.7 Å². The molecule has 1 heterocycles. The minimum absolute atomic E-state index is 0.0338. The molecule has 1 aromatic carbocycles. The molecule has 1 atom stereocenters. The average Bonchev–Trinajstić information content (AvgIpc) is 2.90. The smallest absolute Gasteiger partial charge is 0.241 e. The van der Waals surface area contributed by atoms with Crippen molar-refractivity contribution in [2.75, 3.05) is 11.9 Å². The topological polar surface area (TPSA) is 95.6 Å². The number of hydrogen-bond acceptors (Lipinski definition) is 4. The van der Waals surface area contributed by atoms with Gasteiger partial charge < -0.3 is 10.2 Å². The lowest BCUT2D eigenvalue weighted by Gasteiger charge is -2.20. The molecule has 2 amide bonds. The zero-order valence-corrected chi connectivity index (χ0v) is 16.7. The van der Waals surface area contributed by atoms with Crippen molar-refractivity contribution in [1.82, 2.24) is 9.62 Å². The fourth-order valence-corrected chi connectivity index (χ4v) is 4.51. The number of rotatable bonds is 6. The third-order valence-corrected chi connectivity index (χ3v) is 6.09. The van der Waals surface area contributed by atoms with E-state index in [9.17, 15) is 18.0 Å². The number of aryl methyl sites for hydroxylation is 1. The summed E-state index contributed by atoms with van der Waals surface area (Å²) in [5, 5.41) is 2.75. The second kappa shape index (κ2) is 7.75. The summed E-state index contributed by atoms with van der Waals surface area (Å²) in [6.07, 6.45) is 0.177. The van der Waals surface area contributed by atoms with Gasteiger partial charge in [-0.3, -0.25) is 9.59 Å². The molecule has 26 heavy (non-hydrogen) atoms. The van der Waals surface area contributed by atoms with Gasteiger partial charge in [-0.2, -0.15) is 0 Å². The van der Waals surface area contributed by atoms with Crippen LogP contribution >= 0.6 is 0 Å². The van der Waals surface area contributed by atoms with Crippen molar-refractivity contribution in [3.8, 4) is 0 Å². The highest BCUT2D eigenvalue weighted by Crippen LogP contribution is 2.24. The quantitative estimate of drug-likeness (QED) is 0.786. The largest absolute Gasteiger partial charge is 0.339 e. The average molecular weight is 381 g/mol. The molecule has 0 unspecified atom stereocenters. The Kier molecular flexibility index (Phi) is 6.08. The lowest BCUT2D eigenvalue weighted by Crippen LogP contribution is -2.33. The summed E-state index contributed by atoms with van der Waals surface area (Å²) in [6.45, 7) is 9.41. The van der Waals surface area contributed by atoms with E-state index >= 15 is 0 Å². The van der Waals surface area contributed by atoms with E-state index in [2.05, 4.69) is 10.0 Å². The lowest BCUT2D eigenvalue weighted by molar-refractivity contribution is -0.129. The fraction of sp³-hybridized carbons (Fsp3) is 0.556. The molecule has 1 saturated heterocycles. The first kappa shape index (κ1) is 20.4. The number of nitrogens with one attached hydrogen (secondary N) is 2. The number of sulfonamides is 1. The molecular weight excluding hydrogens is 354 g/mol. The van der Waals surface area contributed by atoms with Crippen molar-refractivity contribution in [3.05, 3.63) is 23.8 Å². The van der Waals surface area contributed by atoms with Gasteiger partial charge in [0.1, 0.15) is 0 Å². The van der Waals surface area contributed by atoms with E-state index in [4.69, 9.17) is 0 Å². The minimum Gasteiger partial charge on any atom is -0.339 e. The maximum Gasteiger partial charge on any atom is 0.241 e. The van der Waals surface area contributed by atoms with Gasteiger partial charge in [0, 0.05) is 30.7 Å². The maximum atomic E-state index is 12.5. The Hall–Kier alpha value is -1.93. The number of hydrogen-bond donors (Lipinski definition) is 2. The van der Waals surface area contributed by atoms with E-state index in [1.165, 1.54) is 6.07 Å². The van der Waals surface area contributed by atoms with Gasteiger partial charge in [0.2, 0.25) is 21.8 Å². The molecule has 0 radical (unpaired) electrons. The van der Waals surface area contributed by atoms with Crippen LogP contribution in [0.25, 0.3) is 0 Å². The Morgan fingerprint density at radius 2 is 1.88 bits per heavy atom. The fourth-order valence-electron chi connectivity index (χ4n) is 2.99. The highest BCUT2D eigenvalue weighted by molar-refractivity contribution is 7.89. The van der Waals surface area contributed by atoms with Crippen molar-refractivity contribution in [2.45, 2.75) is 58.0 Å². The second-order valence-electron chi connectivity index (χ2n) is 7.29. The molecule has 8 heteroatoms. The molecule has 144 valence electrons. The maximum absolute atomic E-state index is 12.5. The standard InChI is InChI=1S/C18H27N3O4S/c1-11(2)20-26(24,25)16-9-15(7-6-13(16)5)19-18(23)14-8-17(22)21(10-14)12(3)4/h6-7,9,11-12,14,20H,8,10H2,1-5H3,(H,19,23)/t14-/m1/s1. The van der Waals surface area contributed by atoms with Crippen molar-refractivity contribution >= 4 is 27.5 Å². The molecule has 1 fully saturated rings. The molecule has 7 nitrogen and oxygen atoms in total. The molecule has 1 aliphatic rings. The van der Waals surface area contributed by atoms with Crippen molar-refractivity contribution in [1.29, 1.82) is 0 Å². The number of likely N-dealkylation sites (tertiary alicyclic amines) is 1. The highest BCUT2D eigenvalue weighted by atomic mass is 32.2. The summed E-state index contributed by atoms with van der Waals surface area (Å²) < 4.78 is 27.4. The van der Waals surface area contributed by atoms with E-state index in [1.54, 1.807) is 37.8 Å². The summed E-state index contributed by atoms with van der Waals surface area (Å²) in [7, 11) is -3.66. The summed E-state index contributed by atoms with van der Waals surface area (Å²) in [5.74, 6) is -0.737. The van der Waals surface area contributed by atoms with Gasteiger partial charge in [-0.15, -0.1) is 0 Å². The Labute approximate surface area is 155 Å². The molecule has 0 spiro atoms. The molecule has 2 N–H and O–H groups in total. The Morgan fingerprint density at radius 3 is 2.42 bits per heavy atom. The zero-order chi connectivity index (χ0) is 19.6. The Morgan fingerprint density at radius 1 is 1.23 bits per heavy atom. The summed E-state index contributed by atoms with van der Waals surface area (Å²) in [5.41, 5.74) is 0.998. The van der Waals surface area contributed by atoms with Gasteiger partial charge in [0.25, 0.3) is 0 Å². The van der Waals surface area contributed by atoms with Crippen LogP contribution in [0.3, 0.4) is 0 Å². The van der Waals surface area contributed by atoms with Crippen LogP contribution in [0.4, 0.5) is 5.69 Å². The first-order chi connectivity index (χ1) is 12.0. The van der Waals surface area contributed by atoms with Gasteiger partial charge in [-0.05, 0) is 52.3 Å². The minimum atomic E-state index is -3.66. The van der Waals surface area contributed by atoms with Crippen molar-refractivity contribution in [2.24, 2.45) is 5.92 Å². The van der Waals surface area contributed by atoms with Gasteiger partial charge in [-0.25, -0.2) is 13.1 Å². The number of carbonyl (C=O) groups excluding carboxylic acids is 2. The third kappa shape index (κ3) is 4.62. The number of anilines is 1. The van der Waals surface area contributed by atoms with Crippen LogP contribution < -0.4 is 10.0 Å². The Bertz CT molecular complexity index is 803. The van der Waals surface area contributed by atoms with E-state index in [0.717, 1.165) is 0 Å². The predicted molar refractivity (Wildman–Crippen MR) is 100 cm³/mol. The number of amides is 2. The van der Waals surface area contributed by atoms with Crippen LogP contribution in [-0.4, -0.2) is 43.8 Å². The normalized spacial score (nSPS) is 18.0. The predicted octanol–water partition coefficient (Wildman–Crippen LogP) is 1.88. The number of carbonyl (C=O) groups is 2. The number of benzene rings is 1. The van der Waals surface area contributed by atoms with E-state index in [-0.39, 0.29) is 35.2 Å². The summed E-state index contributed by atoms with van der Waals surface area (Å²) >= 11 is 0. The third-order valence-electron chi connectivity index (χ3n) is 4.29. The van der Waals surface area contributed by atoms with E-state index in [0.29, 0.717) is 17.8 Å². The van der Waals surface area contributed by atoms with E-state index < -0.39 is 15.9 Å². The van der Waals surface area contributed by atoms with Crippen LogP contribution in [0.15, 0.2) is 23.1 Å². The number of nitrogens with zero attached hydrogens (tertiary/aromatic N) is 1. The van der Waals surface area contributed by atoms with Crippen LogP contribution in [0.2, 0.25) is 0 Å². The van der Waals surface area contributed by atoms with Gasteiger partial charge >= 0.3 is 0 Å². The second-order valence-corrected chi connectivity index (χ2v) is 8.97. The van der Waals surface area contributed by atoms with Crippen LogP contribution in [0, 0.1) is 12.8 Å². The van der Waals surface area contributed by atoms with Crippen LogP contribution in [-0.2, 0) is 19.6 Å². The molecule has 0 bridgehead atoms. The molecule has 1 aliphatic heterocycles. The highest BCUT2D eigenvalue weighted by Gasteiger charge is 2.35. The molecule has 0 saturated carbocycles. The SMILES string of the molecule is Cc1ccc(NC(=O)[C@@H]2CC(=O)N(C(C)C)C2)cc1S(=O)(=O)NC(C)C. The zero-order valence-electron chi connectivity index (χ0n) is 15.9. The molecule has 2 rings (SSSR count). The monoisotopic (exact) mass is 381 g/mol. The Balaban J connectivity index is 2.17. The lowest BCUT2D eigenvalue weighted by atomic mass is 10.1. The summed E-state index contributed by atoms with van der Waals surface area (Å²) in [4.78, 5) is 26.3. The van der Waals surface area contributed by atoms with Gasteiger partial charge in [0.05, 0.1) is 10.8 Å². The van der Waals surface area contributed by atoms with Crippen molar-refractivity contribution in [3.63, 3.8) is 0 Å². The molecule has 1 aromatic rings. The van der Waals surface area contributed by atoms with Crippen molar-refractivity contribution < 1.29 is 18.0 Å². The van der Waals surface area contributed by atoms with Crippen LogP contribution in [0.5, 0.6) is 0 Å². The molecular formula is C18H27N3O4S. The first-order valence-corrected chi connectivity index (χ1v) is 10.2. The molecule has 0 aromatic heterocycles. The molecule has 0 aliphatic carbocycles. The van der Waals surface area contributed by atoms with Gasteiger partial charge in [-0.1, -0.05) is 6.07 Å². The summed E-state index contributed by atoms with van der Waals surface area (Å²) in [6, 6.07) is 4.60.